The maximum atomic E-state index is 3.75. The molecule has 1 unspecified atom stereocenters. The topological polar surface area (TPSA) is 15.3 Å². The van der Waals surface area contributed by atoms with Crippen molar-refractivity contribution in [3.63, 3.8) is 0 Å². The molecule has 19 heavy (non-hydrogen) atoms. The van der Waals surface area contributed by atoms with E-state index < -0.39 is 0 Å². The standard InChI is InChI=1S/C15H25BrN2S/c1-4-17-14(12-10-19-11-13(12)16)15(18(2)3)8-6-5-7-9-15/h10-11,14,17H,4-9H2,1-3H3. The van der Waals surface area contributed by atoms with Crippen LogP contribution >= 0.6 is 27.3 Å². The summed E-state index contributed by atoms with van der Waals surface area (Å²) in [5, 5.41) is 8.26. The van der Waals surface area contributed by atoms with E-state index in [2.05, 4.69) is 57.9 Å². The number of thiophene rings is 1. The minimum Gasteiger partial charge on any atom is -0.309 e. The Morgan fingerprint density at radius 3 is 2.47 bits per heavy atom. The number of hydrogen-bond acceptors (Lipinski definition) is 3. The lowest BCUT2D eigenvalue weighted by Crippen LogP contribution is -2.54. The third-order valence-corrected chi connectivity index (χ3v) is 6.26. The molecular weight excluding hydrogens is 320 g/mol. The molecule has 1 heterocycles. The van der Waals surface area contributed by atoms with Gasteiger partial charge in [-0.1, -0.05) is 26.2 Å². The van der Waals surface area contributed by atoms with Crippen LogP contribution in [0.3, 0.4) is 0 Å². The van der Waals surface area contributed by atoms with E-state index in [4.69, 9.17) is 0 Å². The highest BCUT2D eigenvalue weighted by atomic mass is 79.9. The smallest absolute Gasteiger partial charge is 0.0526 e. The summed E-state index contributed by atoms with van der Waals surface area (Å²) in [5.41, 5.74) is 1.69. The van der Waals surface area contributed by atoms with Gasteiger partial charge in [-0.3, -0.25) is 0 Å². The molecular formula is C15H25BrN2S. The lowest BCUT2D eigenvalue weighted by Gasteiger charge is -2.49. The van der Waals surface area contributed by atoms with Crippen molar-refractivity contribution in [2.24, 2.45) is 0 Å². The maximum absolute atomic E-state index is 3.75. The van der Waals surface area contributed by atoms with Crippen LogP contribution in [-0.4, -0.2) is 31.1 Å². The molecule has 1 aliphatic carbocycles. The molecule has 4 heteroatoms. The van der Waals surface area contributed by atoms with Crippen molar-refractivity contribution in [2.45, 2.75) is 50.6 Å². The fourth-order valence-corrected chi connectivity index (χ4v) is 5.00. The summed E-state index contributed by atoms with van der Waals surface area (Å²) in [6.07, 6.45) is 6.67. The molecule has 0 spiro atoms. The highest BCUT2D eigenvalue weighted by Gasteiger charge is 2.42. The van der Waals surface area contributed by atoms with Crippen molar-refractivity contribution < 1.29 is 0 Å². The Morgan fingerprint density at radius 1 is 1.32 bits per heavy atom. The average Bonchev–Trinajstić information content (AvgIpc) is 2.82. The van der Waals surface area contributed by atoms with Crippen molar-refractivity contribution in [1.82, 2.24) is 10.2 Å². The van der Waals surface area contributed by atoms with Crippen molar-refractivity contribution in [1.29, 1.82) is 0 Å². The number of nitrogens with one attached hydrogen (secondary N) is 1. The fraction of sp³-hybridized carbons (Fsp3) is 0.733. The van der Waals surface area contributed by atoms with Gasteiger partial charge in [-0.25, -0.2) is 0 Å². The molecule has 2 nitrogen and oxygen atoms in total. The lowest BCUT2D eigenvalue weighted by atomic mass is 9.73. The van der Waals surface area contributed by atoms with Crippen LogP contribution in [0.25, 0.3) is 0 Å². The normalized spacial score (nSPS) is 20.7. The first-order valence-electron chi connectivity index (χ1n) is 7.24. The van der Waals surface area contributed by atoms with E-state index in [1.165, 1.54) is 42.1 Å². The van der Waals surface area contributed by atoms with E-state index in [-0.39, 0.29) is 5.54 Å². The highest BCUT2D eigenvalue weighted by Crippen LogP contribution is 2.44. The molecule has 1 atom stereocenters. The van der Waals surface area contributed by atoms with Crippen molar-refractivity contribution >= 4 is 27.3 Å². The van der Waals surface area contributed by atoms with Crippen LogP contribution in [0.2, 0.25) is 0 Å². The molecule has 1 aromatic rings. The first kappa shape index (κ1) is 15.5. The van der Waals surface area contributed by atoms with Crippen LogP contribution in [0, 0.1) is 0 Å². The molecule has 0 saturated heterocycles. The summed E-state index contributed by atoms with van der Waals surface area (Å²) in [6, 6.07) is 0.424. The first-order valence-corrected chi connectivity index (χ1v) is 8.98. The van der Waals surface area contributed by atoms with E-state index >= 15 is 0 Å². The van der Waals surface area contributed by atoms with Crippen LogP contribution in [-0.2, 0) is 0 Å². The summed E-state index contributed by atoms with van der Waals surface area (Å²) in [7, 11) is 4.49. The van der Waals surface area contributed by atoms with Gasteiger partial charge in [0.2, 0.25) is 0 Å². The minimum atomic E-state index is 0.262. The Hall–Kier alpha value is 0.1000. The zero-order chi connectivity index (χ0) is 13.9. The quantitative estimate of drug-likeness (QED) is 0.850. The number of likely N-dealkylation sites (N-methyl/N-ethyl adjacent to an activating group) is 2. The Morgan fingerprint density at radius 2 is 2.00 bits per heavy atom. The van der Waals surface area contributed by atoms with E-state index in [1.54, 1.807) is 11.3 Å². The predicted molar refractivity (Wildman–Crippen MR) is 87.9 cm³/mol. The molecule has 2 rings (SSSR count). The van der Waals surface area contributed by atoms with Gasteiger partial charge in [-0.15, -0.1) is 0 Å². The molecule has 0 amide bonds. The van der Waals surface area contributed by atoms with E-state index in [0.717, 1.165) is 6.54 Å². The largest absolute Gasteiger partial charge is 0.309 e. The summed E-state index contributed by atoms with van der Waals surface area (Å²) >= 11 is 5.52. The molecule has 0 aliphatic heterocycles. The molecule has 0 radical (unpaired) electrons. The maximum Gasteiger partial charge on any atom is 0.0526 e. The Balaban J connectivity index is 2.37. The third kappa shape index (κ3) is 3.07. The Labute approximate surface area is 129 Å². The number of hydrogen-bond donors (Lipinski definition) is 1. The van der Waals surface area contributed by atoms with Gasteiger partial charge in [0, 0.05) is 15.4 Å². The number of nitrogens with zero attached hydrogens (tertiary/aromatic N) is 1. The van der Waals surface area contributed by atoms with Gasteiger partial charge in [-0.05, 0) is 60.4 Å². The molecule has 1 fully saturated rings. The van der Waals surface area contributed by atoms with Crippen LogP contribution in [0.1, 0.15) is 50.6 Å². The predicted octanol–water partition coefficient (Wildman–Crippen LogP) is 4.43. The molecule has 0 bridgehead atoms. The van der Waals surface area contributed by atoms with Crippen molar-refractivity contribution in [2.75, 3.05) is 20.6 Å². The number of rotatable bonds is 5. The summed E-state index contributed by atoms with van der Waals surface area (Å²) < 4.78 is 1.26. The molecule has 1 saturated carbocycles. The summed E-state index contributed by atoms with van der Waals surface area (Å²) in [4.78, 5) is 2.46. The van der Waals surface area contributed by atoms with Crippen molar-refractivity contribution in [3.05, 3.63) is 20.8 Å². The Bertz CT molecular complexity index is 397. The van der Waals surface area contributed by atoms with Crippen LogP contribution in [0.4, 0.5) is 0 Å². The Kier molecular flexibility index (Phi) is 5.46. The first-order chi connectivity index (χ1) is 9.12. The monoisotopic (exact) mass is 344 g/mol. The van der Waals surface area contributed by atoms with E-state index in [9.17, 15) is 0 Å². The molecule has 0 aromatic carbocycles. The molecule has 1 aliphatic rings. The second-order valence-electron chi connectivity index (χ2n) is 5.72. The van der Waals surface area contributed by atoms with E-state index in [0.29, 0.717) is 6.04 Å². The summed E-state index contributed by atoms with van der Waals surface area (Å²) in [6.45, 7) is 3.22. The van der Waals surface area contributed by atoms with Gasteiger partial charge in [0.05, 0.1) is 6.04 Å². The van der Waals surface area contributed by atoms with Gasteiger partial charge in [-0.2, -0.15) is 11.3 Å². The SMILES string of the molecule is CCNC(c1cscc1Br)C1(N(C)C)CCCCC1. The minimum absolute atomic E-state index is 0.262. The van der Waals surface area contributed by atoms with Crippen LogP contribution in [0.5, 0.6) is 0 Å². The van der Waals surface area contributed by atoms with Gasteiger partial charge >= 0.3 is 0 Å². The summed E-state index contributed by atoms with van der Waals surface area (Å²) in [5.74, 6) is 0. The average molecular weight is 345 g/mol. The second kappa shape index (κ2) is 6.70. The van der Waals surface area contributed by atoms with Crippen LogP contribution in [0.15, 0.2) is 15.2 Å². The van der Waals surface area contributed by atoms with Gasteiger partial charge in [0.1, 0.15) is 0 Å². The third-order valence-electron chi connectivity index (χ3n) is 4.51. The lowest BCUT2D eigenvalue weighted by molar-refractivity contribution is 0.0569. The van der Waals surface area contributed by atoms with Gasteiger partial charge < -0.3 is 10.2 Å². The van der Waals surface area contributed by atoms with E-state index in [1.807, 2.05) is 0 Å². The molecule has 1 N–H and O–H groups in total. The van der Waals surface area contributed by atoms with Gasteiger partial charge in [0.25, 0.3) is 0 Å². The number of halogens is 1. The highest BCUT2D eigenvalue weighted by molar-refractivity contribution is 9.10. The molecule has 1 aromatic heterocycles. The molecule has 108 valence electrons. The van der Waals surface area contributed by atoms with Crippen molar-refractivity contribution in [3.8, 4) is 0 Å². The second-order valence-corrected chi connectivity index (χ2v) is 7.32. The van der Waals surface area contributed by atoms with Crippen LogP contribution < -0.4 is 5.32 Å². The fourth-order valence-electron chi connectivity index (χ4n) is 3.45. The zero-order valence-corrected chi connectivity index (χ0v) is 14.6. The van der Waals surface area contributed by atoms with Gasteiger partial charge in [0.15, 0.2) is 0 Å². The zero-order valence-electron chi connectivity index (χ0n) is 12.2.